The van der Waals surface area contributed by atoms with E-state index in [0.717, 1.165) is 11.3 Å². The largest absolute Gasteiger partial charge is 0.490 e. The molecular weight excluding hydrogens is 1670 g/mol. The minimum Gasteiger partial charge on any atom is -0.490 e. The number of aliphatic hydroxyl groups is 2. The van der Waals surface area contributed by atoms with Crippen LogP contribution in [-0.4, -0.2) is 138 Å². The number of para-hydroxylation sites is 1. The van der Waals surface area contributed by atoms with Gasteiger partial charge in [-0.05, 0) is 254 Å². The maximum Gasteiger partial charge on any atom is 0.329 e. The van der Waals surface area contributed by atoms with Gasteiger partial charge in [-0.25, -0.2) is 15.3 Å². The van der Waals surface area contributed by atoms with Crippen molar-refractivity contribution >= 4 is 29.2 Å². The highest BCUT2D eigenvalue weighted by atomic mass is 17.9. The number of amides is 1. The van der Waals surface area contributed by atoms with Gasteiger partial charge in [0, 0.05) is 296 Å². The predicted molar refractivity (Wildman–Crippen MR) is 536 cm³/mol. The number of hydrogen-bond donors (Lipinski definition) is 5. The fraction of sp³-hybridized carbons (Fsp3) is 0.343. The van der Waals surface area contributed by atoms with Crippen LogP contribution in [0.15, 0.2) is 65.8 Å². The average Bonchev–Trinajstić information content (AvgIpc) is 0.772. The number of esters is 1. The number of allylic oxidation sites excluding steroid dienone is 4. The topological polar surface area (TPSA) is 338 Å². The quantitative estimate of drug-likeness (QED) is 0.0145. The van der Waals surface area contributed by atoms with Crippen molar-refractivity contribution in [3.8, 4) is 302 Å². The summed E-state index contributed by atoms with van der Waals surface area (Å²) in [5, 5.41) is 68.4. The number of cyclic esters (lactones) is 1. The molecule has 1 aromatic carbocycles. The van der Waals surface area contributed by atoms with Crippen molar-refractivity contribution in [2.45, 2.75) is 161 Å². The zero-order valence-electron chi connectivity index (χ0n) is 71.6. The van der Waals surface area contributed by atoms with E-state index in [1.807, 2.05) is 68.5 Å². The van der Waals surface area contributed by atoms with E-state index in [0.29, 0.717) is 63.5 Å². The average molecular weight is 1820 g/mol. The fourth-order valence-electron chi connectivity index (χ4n) is 11.7. The lowest BCUT2D eigenvalue weighted by Gasteiger charge is -2.47. The Morgan fingerprint density at radius 1 is 0.554 bits per heavy atom. The van der Waals surface area contributed by atoms with Gasteiger partial charge in [-0.2, -0.15) is 0 Å². The van der Waals surface area contributed by atoms with Crippen LogP contribution < -0.4 is 10.4 Å². The number of piperidine rings is 1. The molecule has 3 fully saturated rings. The summed E-state index contributed by atoms with van der Waals surface area (Å²) in [5.41, 5.74) is 2.92. The highest BCUT2D eigenvalue weighted by molar-refractivity contribution is 6.39. The normalized spacial score (nSPS) is 20.9. The number of Topliss-reactive ketones (excluding diaryl/α,β-unsaturated/α-hetero) is 3. The first-order valence-electron chi connectivity index (χ1n) is 38.5. The molecular formula is C102H148N2O26. The number of nitrogens with zero attached hydrogens (tertiary/aromatic N) is 1. The minimum absolute atomic E-state index is 0. The molecule has 1 amide bonds. The lowest BCUT2D eigenvalue weighted by molar-refractivity contribution is -0.808. The summed E-state index contributed by atoms with van der Waals surface area (Å²) in [6.07, 6.45) is 11.5. The second-order valence-corrected chi connectivity index (χ2v) is 26.0. The SMILES string of the molecule is C#CC#CC#CC#CC#CC#CC#CC#CC#CC#CC#CC#CC#CC#CC#CC#CC#CC#CC#CC#CC#CC#CC#CC#CC#CC.CO[C@H]1C[C@@H](C)C/C(C)=C/[C@@H](C/C=C/COc2ccccc2)C(=O)C[C@H](O)[C@@H](C)[C@@H](/C(C)=C/[C@@H]2CCC(=O)[C@H](OC)C2)OC(=O)[C@@H]2CCCCN2C(=O)C(=O)[C@]2(O)O[C@H]1[C@@H](OC)C[C@H]2C.OOOOOONOOOOOOO.[HH].[HH].[HH].[HH].[HH].[HH].[HH].[HH].[HH].[HH].[HH].[HH].[HH].[HH].[HH].[HH].[HH].[HH].[HH].[HH].[HH].[HH].[HH].[HH].[HH].[HH].[HH].[HH].[HH].[HH].[HH].[HH].[HH].[HH]. The molecule has 1 saturated carbocycles. The number of carbonyl (C=O) groups excluding carboxylic acids is 5. The van der Waals surface area contributed by atoms with Gasteiger partial charge < -0.3 is 43.5 Å². The van der Waals surface area contributed by atoms with E-state index in [9.17, 15) is 34.2 Å². The summed E-state index contributed by atoms with van der Waals surface area (Å²) in [5.74, 6) is 115. The Balaban J connectivity index is -0.0000000539. The summed E-state index contributed by atoms with van der Waals surface area (Å²) in [6.45, 7) is 11.2. The van der Waals surface area contributed by atoms with Gasteiger partial charge in [0.2, 0.25) is 5.79 Å². The van der Waals surface area contributed by atoms with Crippen LogP contribution in [0.3, 0.4) is 0 Å². The van der Waals surface area contributed by atoms with Gasteiger partial charge in [0.1, 0.15) is 42.5 Å². The molecule has 28 nitrogen and oxygen atoms in total. The Bertz CT molecular complexity index is 6070. The van der Waals surface area contributed by atoms with Crippen molar-refractivity contribution in [3.63, 3.8) is 0 Å². The van der Waals surface area contributed by atoms with Crippen LogP contribution in [0, 0.1) is 326 Å². The molecule has 13 atom stereocenters. The van der Waals surface area contributed by atoms with Crippen molar-refractivity contribution < 1.29 is 177 Å². The third-order valence-electron chi connectivity index (χ3n) is 17.3. The maximum absolute atomic E-state index is 14.5. The van der Waals surface area contributed by atoms with Crippen molar-refractivity contribution in [1.82, 2.24) is 10.5 Å². The number of ether oxygens (including phenoxy) is 6. The van der Waals surface area contributed by atoms with E-state index >= 15 is 0 Å². The van der Waals surface area contributed by atoms with Crippen molar-refractivity contribution in [2.24, 2.45) is 29.6 Å². The second-order valence-electron chi connectivity index (χ2n) is 26.0. The Labute approximate surface area is 807 Å². The predicted octanol–water partition coefficient (Wildman–Crippen LogP) is 14.2. The fourth-order valence-corrected chi connectivity index (χ4v) is 11.7. The van der Waals surface area contributed by atoms with Crippen LogP contribution in [0.2, 0.25) is 0 Å². The molecule has 0 spiro atoms. The van der Waals surface area contributed by atoms with E-state index in [1.54, 1.807) is 27.7 Å². The number of benzene rings is 1. The van der Waals surface area contributed by atoms with E-state index in [2.05, 4.69) is 345 Å². The third kappa shape index (κ3) is 48.0. The molecule has 1 aromatic rings. The lowest BCUT2D eigenvalue weighted by Crippen LogP contribution is -2.64. The summed E-state index contributed by atoms with van der Waals surface area (Å²) in [6, 6.07) is 8.25. The molecule has 722 valence electrons. The van der Waals surface area contributed by atoms with Gasteiger partial charge in [0.05, 0.1) is 18.3 Å². The molecule has 4 aliphatic rings. The van der Waals surface area contributed by atoms with Crippen LogP contribution in [-0.2, 0) is 103 Å². The van der Waals surface area contributed by atoms with Gasteiger partial charge in [-0.1, -0.05) is 84.7 Å². The smallest absolute Gasteiger partial charge is 0.329 e. The molecule has 0 unspecified atom stereocenters. The van der Waals surface area contributed by atoms with Crippen molar-refractivity contribution in [2.75, 3.05) is 34.5 Å². The molecule has 0 aromatic heterocycles. The van der Waals surface area contributed by atoms with Crippen LogP contribution in [0.25, 0.3) is 0 Å². The zero-order chi connectivity index (χ0) is 94.6. The number of rotatable bonds is 21. The second kappa shape index (κ2) is 70.6. The molecule has 28 heteroatoms. The molecule has 0 radical (unpaired) electrons. The van der Waals surface area contributed by atoms with Gasteiger partial charge in [-0.15, -0.1) is 6.42 Å². The Morgan fingerprint density at radius 3 is 1.43 bits per heavy atom. The summed E-state index contributed by atoms with van der Waals surface area (Å²) in [7, 11) is 4.55. The molecule has 130 heavy (non-hydrogen) atoms. The van der Waals surface area contributed by atoms with Crippen LogP contribution in [0.5, 0.6) is 5.75 Å². The van der Waals surface area contributed by atoms with E-state index < -0.39 is 83.9 Å². The van der Waals surface area contributed by atoms with Crippen LogP contribution in [0.4, 0.5) is 0 Å². The van der Waals surface area contributed by atoms with Crippen LogP contribution >= 0.6 is 0 Å². The van der Waals surface area contributed by atoms with Gasteiger partial charge >= 0.3 is 5.97 Å². The molecule has 5 N–H and O–H groups in total. The molecule has 5 rings (SSSR count). The van der Waals surface area contributed by atoms with Crippen molar-refractivity contribution in [1.29, 1.82) is 0 Å². The lowest BCUT2D eigenvalue weighted by atomic mass is 9.82. The number of ketones is 3. The first kappa shape index (κ1) is 109. The number of carbonyl (C=O) groups is 5. The van der Waals surface area contributed by atoms with Gasteiger partial charge in [0.15, 0.2) is 5.78 Å². The number of terminal acetylenes is 1. The standard InChI is InChI=1S/C51H73NO13.C51H4.H3NO13.34H2/c1-31-24-32(2)26-44(61-7)47-45(62-8)28-34(4)51(59,65-47)48(56)49(57)52-22-14-12-19-39(52)50(58)64-46(33(3)27-36-20-21-40(53)43(29-36)60-6)35(5)41(54)30-42(55)37(25-31)16-13-15-23-63-38-17-10-9-11-18-38;1-3-5-7-9-11-13-15-17-19-21-23-25-27-29-31-33-35-37-39-41-43-45-47-49-51-50-48-46-44-42-40-38-36-34-32-30-28-26-24-22-20-18-16-14-12-10-8-6-4-2;2-6-10-12-8-4-1-5-9-13-14-11-7-3;;;;;;;;;;;;;;;;;;;;;;;;;;;;;;;;;;/h9-11,13,15,17-18,25,27,32,34-37,39,41,43-47,54,59H,12,14,16,19-24,26,28-30H2,1-8H3;1H,2H3;1-3H;34*1H/b15-13+,31-25+,33-27+;;;;;;;;;;;;;;;;;;;;;;;;;;;;;;;;;;;;/t32-,34+,35+,36-,37+,39-,41-,43+,44-,45-,46+,47+,51+;;;;;;;;;;;;;;;;;;;;;;;;;;;;;;;;;;;;/m0..................................../s1. The molecule has 2 saturated heterocycles. The van der Waals surface area contributed by atoms with E-state index in [-0.39, 0.29) is 97.7 Å². The van der Waals surface area contributed by atoms with Crippen LogP contribution in [0.1, 0.15) is 161 Å². The third-order valence-corrected chi connectivity index (χ3v) is 17.3. The van der Waals surface area contributed by atoms with Gasteiger partial charge in [0.25, 0.3) is 11.7 Å². The van der Waals surface area contributed by atoms with Crippen molar-refractivity contribution in [3.05, 3.63) is 65.8 Å². The number of fused-ring (bicyclic) bond motifs is 3. The van der Waals surface area contributed by atoms with E-state index in [4.69, 9.17) is 45.4 Å². The Kier molecular flexibility index (Phi) is 59.0. The first-order valence-corrected chi connectivity index (χ1v) is 38.5. The highest BCUT2D eigenvalue weighted by Gasteiger charge is 2.57. The number of nitrogens with one attached hydrogen (secondary N) is 1. The van der Waals surface area contributed by atoms with Gasteiger partial charge in [-0.3, -0.25) is 19.2 Å². The molecule has 3 heterocycles. The molecule has 3 aliphatic heterocycles. The summed E-state index contributed by atoms with van der Waals surface area (Å²) >= 11 is 0. The Morgan fingerprint density at radius 2 is 0.992 bits per heavy atom. The highest BCUT2D eigenvalue weighted by Crippen LogP contribution is 2.39. The first-order chi connectivity index (χ1) is 63.3. The zero-order valence-corrected chi connectivity index (χ0v) is 71.6. The molecule has 2 bridgehead atoms. The van der Waals surface area contributed by atoms with E-state index in [1.165, 1.54) is 31.9 Å². The number of aliphatic hydroxyl groups excluding tert-OH is 1. The Hall–Kier alpha value is -15.6. The minimum atomic E-state index is -2.54. The summed E-state index contributed by atoms with van der Waals surface area (Å²) in [4.78, 5) is 78.5. The number of methoxy groups -OCH3 is 3. The molecule has 1 aliphatic carbocycles. The number of hydrogen-bond acceptors (Lipinski definition) is 27. The maximum atomic E-state index is 14.5. The monoisotopic (exact) mass is 1820 g/mol. The summed E-state index contributed by atoms with van der Waals surface area (Å²) < 4.78 is 35.7.